The van der Waals surface area contributed by atoms with Crippen molar-refractivity contribution in [1.82, 2.24) is 15.6 Å². The summed E-state index contributed by atoms with van der Waals surface area (Å²) in [5, 5.41) is 5.31. The molecule has 2 aliphatic rings. The normalized spacial score (nSPS) is 23.8. The number of amides is 1. The van der Waals surface area contributed by atoms with Gasteiger partial charge in [-0.15, -0.1) is 0 Å². The minimum atomic E-state index is -2.79. The van der Waals surface area contributed by atoms with Crippen LogP contribution in [0.25, 0.3) is 0 Å². The van der Waals surface area contributed by atoms with Crippen LogP contribution in [0, 0.1) is 0 Å². The summed E-state index contributed by atoms with van der Waals surface area (Å²) in [6.07, 6.45) is 6.16. The van der Waals surface area contributed by atoms with E-state index >= 15 is 0 Å². The Hall–Kier alpha value is -1.76. The van der Waals surface area contributed by atoms with Crippen molar-refractivity contribution in [1.29, 1.82) is 0 Å². The van der Waals surface area contributed by atoms with Gasteiger partial charge < -0.3 is 10.2 Å². The zero-order chi connectivity index (χ0) is 17.0. The summed E-state index contributed by atoms with van der Waals surface area (Å²) in [6.45, 7) is 1.90. The van der Waals surface area contributed by atoms with E-state index in [9.17, 15) is 13.6 Å². The summed E-state index contributed by atoms with van der Waals surface area (Å²) in [4.78, 5) is 18.7. The number of carbonyl (C=O) groups excluding carboxylic acids is 1. The van der Waals surface area contributed by atoms with E-state index in [-0.39, 0.29) is 5.91 Å². The van der Waals surface area contributed by atoms with Crippen LogP contribution in [0.15, 0.2) is 18.3 Å². The zero-order valence-electron chi connectivity index (χ0n) is 13.7. The molecule has 2 fully saturated rings. The number of nitrogens with zero attached hydrogens (tertiary/aromatic N) is 2. The lowest BCUT2D eigenvalue weighted by atomic mass is 10.1. The highest BCUT2D eigenvalue weighted by molar-refractivity contribution is 5.82. The number of alkyl halides is 2. The van der Waals surface area contributed by atoms with Crippen molar-refractivity contribution in [2.75, 3.05) is 24.5 Å². The number of carbonyl (C=O) groups is 1. The maximum Gasteiger partial charge on any atom is 0.262 e. The van der Waals surface area contributed by atoms with Gasteiger partial charge in [0.05, 0.1) is 12.6 Å². The largest absolute Gasteiger partial charge is 0.357 e. The fourth-order valence-corrected chi connectivity index (χ4v) is 3.26. The minimum absolute atomic E-state index is 0.325. The lowest BCUT2D eigenvalue weighted by Crippen LogP contribution is -2.40. The van der Waals surface area contributed by atoms with Crippen LogP contribution >= 0.6 is 0 Å². The highest BCUT2D eigenvalue weighted by Crippen LogP contribution is 2.25. The standard InChI is InChI=1S/C17H24F2N4O/c18-17(19)10-14(22-12-17)16(24)21-11-13-5-6-20-15(9-13)23-7-3-1-2-4-8-23/h5-6,9,14,22H,1-4,7-8,10-12H2,(H,21,24). The number of pyridine rings is 1. The first-order valence-electron chi connectivity index (χ1n) is 8.62. The fraction of sp³-hybridized carbons (Fsp3) is 0.647. The fourth-order valence-electron chi connectivity index (χ4n) is 3.26. The third-order valence-corrected chi connectivity index (χ3v) is 4.63. The van der Waals surface area contributed by atoms with E-state index in [1.807, 2.05) is 12.1 Å². The highest BCUT2D eigenvalue weighted by Gasteiger charge is 2.42. The Morgan fingerprint density at radius 1 is 1.33 bits per heavy atom. The first-order valence-corrected chi connectivity index (χ1v) is 8.62. The van der Waals surface area contributed by atoms with Gasteiger partial charge in [-0.1, -0.05) is 12.8 Å². The van der Waals surface area contributed by atoms with Gasteiger partial charge in [0.15, 0.2) is 0 Å². The number of anilines is 1. The van der Waals surface area contributed by atoms with E-state index in [1.165, 1.54) is 25.7 Å². The van der Waals surface area contributed by atoms with Gasteiger partial charge >= 0.3 is 0 Å². The van der Waals surface area contributed by atoms with Crippen LogP contribution in [0.4, 0.5) is 14.6 Å². The molecule has 0 radical (unpaired) electrons. The van der Waals surface area contributed by atoms with Crippen molar-refractivity contribution in [3.8, 4) is 0 Å². The second-order valence-corrected chi connectivity index (χ2v) is 6.63. The Labute approximate surface area is 140 Å². The molecule has 24 heavy (non-hydrogen) atoms. The number of halogens is 2. The molecule has 2 saturated heterocycles. The van der Waals surface area contributed by atoms with E-state index in [4.69, 9.17) is 0 Å². The zero-order valence-corrected chi connectivity index (χ0v) is 13.7. The summed E-state index contributed by atoms with van der Waals surface area (Å²) in [5.74, 6) is -2.24. The van der Waals surface area contributed by atoms with Gasteiger partial charge in [0.25, 0.3) is 5.92 Å². The molecule has 1 atom stereocenters. The van der Waals surface area contributed by atoms with Crippen molar-refractivity contribution < 1.29 is 13.6 Å². The Morgan fingerprint density at radius 3 is 2.75 bits per heavy atom. The molecule has 1 amide bonds. The van der Waals surface area contributed by atoms with Crippen molar-refractivity contribution in [3.05, 3.63) is 23.9 Å². The second-order valence-electron chi connectivity index (χ2n) is 6.63. The number of hydrogen-bond acceptors (Lipinski definition) is 4. The quantitative estimate of drug-likeness (QED) is 0.882. The van der Waals surface area contributed by atoms with E-state index in [1.54, 1.807) is 6.20 Å². The Bertz CT molecular complexity index is 573. The summed E-state index contributed by atoms with van der Waals surface area (Å²) in [6, 6.07) is 3.01. The summed E-state index contributed by atoms with van der Waals surface area (Å²) >= 11 is 0. The van der Waals surface area contributed by atoms with Crippen LogP contribution in [0.3, 0.4) is 0 Å². The topological polar surface area (TPSA) is 57.3 Å². The van der Waals surface area contributed by atoms with Crippen molar-refractivity contribution in [2.24, 2.45) is 0 Å². The molecule has 0 aromatic carbocycles. The Morgan fingerprint density at radius 2 is 2.08 bits per heavy atom. The molecular weight excluding hydrogens is 314 g/mol. The molecule has 0 aliphatic carbocycles. The molecule has 1 aromatic heterocycles. The van der Waals surface area contributed by atoms with Gasteiger partial charge in [0.2, 0.25) is 5.91 Å². The number of nitrogens with one attached hydrogen (secondary N) is 2. The van der Waals surface area contributed by atoms with Crippen LogP contribution in [0.2, 0.25) is 0 Å². The van der Waals surface area contributed by atoms with E-state index in [2.05, 4.69) is 20.5 Å². The molecule has 1 unspecified atom stereocenters. The van der Waals surface area contributed by atoms with E-state index < -0.39 is 24.9 Å². The molecule has 3 heterocycles. The van der Waals surface area contributed by atoms with Crippen LogP contribution in [0.5, 0.6) is 0 Å². The molecule has 132 valence electrons. The average Bonchev–Trinajstić information content (AvgIpc) is 2.78. The molecule has 0 bridgehead atoms. The second kappa shape index (κ2) is 7.42. The summed E-state index contributed by atoms with van der Waals surface area (Å²) in [7, 11) is 0. The van der Waals surface area contributed by atoms with Gasteiger partial charge in [-0.05, 0) is 30.5 Å². The lowest BCUT2D eigenvalue weighted by Gasteiger charge is -2.22. The molecular formula is C17H24F2N4O. The molecule has 2 N–H and O–H groups in total. The molecule has 1 aromatic rings. The Balaban J connectivity index is 1.55. The van der Waals surface area contributed by atoms with Gasteiger partial charge in [-0.3, -0.25) is 10.1 Å². The van der Waals surface area contributed by atoms with Crippen molar-refractivity contribution >= 4 is 11.7 Å². The van der Waals surface area contributed by atoms with Crippen molar-refractivity contribution in [3.63, 3.8) is 0 Å². The lowest BCUT2D eigenvalue weighted by molar-refractivity contribution is -0.123. The van der Waals surface area contributed by atoms with Crippen LogP contribution in [-0.4, -0.2) is 42.5 Å². The molecule has 3 rings (SSSR count). The third-order valence-electron chi connectivity index (χ3n) is 4.63. The molecule has 0 saturated carbocycles. The molecule has 2 aliphatic heterocycles. The predicted molar refractivity (Wildman–Crippen MR) is 88.1 cm³/mol. The number of aromatic nitrogens is 1. The predicted octanol–water partition coefficient (Wildman–Crippen LogP) is 2.08. The van der Waals surface area contributed by atoms with Gasteiger partial charge in [-0.2, -0.15) is 0 Å². The first-order chi connectivity index (χ1) is 11.5. The summed E-state index contributed by atoms with van der Waals surface area (Å²) < 4.78 is 26.3. The van der Waals surface area contributed by atoms with Crippen LogP contribution in [0.1, 0.15) is 37.7 Å². The average molecular weight is 338 g/mol. The van der Waals surface area contributed by atoms with Crippen LogP contribution in [-0.2, 0) is 11.3 Å². The number of rotatable bonds is 4. The summed E-state index contributed by atoms with van der Waals surface area (Å²) in [5.41, 5.74) is 0.933. The van der Waals surface area contributed by atoms with Gasteiger partial charge in [-0.25, -0.2) is 13.8 Å². The molecule has 5 nitrogen and oxygen atoms in total. The van der Waals surface area contributed by atoms with E-state index in [0.717, 1.165) is 24.5 Å². The monoisotopic (exact) mass is 338 g/mol. The molecule has 7 heteroatoms. The van der Waals surface area contributed by atoms with Gasteiger partial charge in [0.1, 0.15) is 5.82 Å². The van der Waals surface area contributed by atoms with E-state index in [0.29, 0.717) is 6.54 Å². The first kappa shape index (κ1) is 17.1. The SMILES string of the molecule is O=C(NCc1ccnc(N2CCCCCC2)c1)C1CC(F)(F)CN1. The molecule has 0 spiro atoms. The van der Waals surface area contributed by atoms with Crippen molar-refractivity contribution in [2.45, 2.75) is 50.6 Å². The maximum absolute atomic E-state index is 13.2. The number of hydrogen-bond donors (Lipinski definition) is 2. The minimum Gasteiger partial charge on any atom is -0.357 e. The Kier molecular flexibility index (Phi) is 5.28. The van der Waals surface area contributed by atoms with Gasteiger partial charge in [0, 0.05) is 32.3 Å². The highest BCUT2D eigenvalue weighted by atomic mass is 19.3. The smallest absolute Gasteiger partial charge is 0.262 e. The third kappa shape index (κ3) is 4.41. The maximum atomic E-state index is 13.2. The van der Waals surface area contributed by atoms with Crippen LogP contribution < -0.4 is 15.5 Å².